The van der Waals surface area contributed by atoms with E-state index in [-0.39, 0.29) is 5.91 Å². The van der Waals surface area contributed by atoms with Crippen molar-refractivity contribution in [2.75, 3.05) is 37.7 Å². The van der Waals surface area contributed by atoms with Gasteiger partial charge in [0.05, 0.1) is 10.6 Å². The summed E-state index contributed by atoms with van der Waals surface area (Å²) in [6.07, 6.45) is 4.24. The Morgan fingerprint density at radius 1 is 1.11 bits per heavy atom. The summed E-state index contributed by atoms with van der Waals surface area (Å²) in [4.78, 5) is 14.5. The van der Waals surface area contributed by atoms with Crippen molar-refractivity contribution in [3.8, 4) is 0 Å². The lowest BCUT2D eigenvalue weighted by molar-refractivity contribution is -0.129. The summed E-state index contributed by atoms with van der Waals surface area (Å²) in [5.74, 6) is 2.26. The Balaban J connectivity index is 1.53. The predicted octanol–water partition coefficient (Wildman–Crippen LogP) is 2.79. The zero-order valence-electron chi connectivity index (χ0n) is 16.3. The largest absolute Gasteiger partial charge is 0.339 e. The van der Waals surface area contributed by atoms with Gasteiger partial charge in [-0.3, -0.25) is 4.79 Å². The van der Waals surface area contributed by atoms with Crippen LogP contribution in [0.25, 0.3) is 0 Å². The van der Waals surface area contributed by atoms with E-state index in [0.29, 0.717) is 42.7 Å². The number of nitrogens with zero attached hydrogens (tertiary/aromatic N) is 2. The van der Waals surface area contributed by atoms with Crippen LogP contribution < -0.4 is 0 Å². The van der Waals surface area contributed by atoms with Crippen LogP contribution in [0.4, 0.5) is 0 Å². The van der Waals surface area contributed by atoms with Crippen molar-refractivity contribution in [3.05, 3.63) is 29.3 Å². The molecule has 1 aliphatic heterocycles. The fourth-order valence-electron chi connectivity index (χ4n) is 3.61. The van der Waals surface area contributed by atoms with Crippen LogP contribution in [0.3, 0.4) is 0 Å². The maximum atomic E-state index is 13.0. The summed E-state index contributed by atoms with van der Waals surface area (Å²) in [5, 5.41) is 0. The van der Waals surface area contributed by atoms with Crippen molar-refractivity contribution < 1.29 is 13.2 Å². The first kappa shape index (κ1) is 20.7. The average Bonchev–Trinajstić information content (AvgIpc) is 3.13. The number of aryl methyl sites for hydroxylation is 2. The molecular weight excluding hydrogens is 380 g/mol. The highest BCUT2D eigenvalue weighted by Gasteiger charge is 2.30. The van der Waals surface area contributed by atoms with E-state index in [1.807, 2.05) is 12.1 Å². The average molecular weight is 411 g/mol. The summed E-state index contributed by atoms with van der Waals surface area (Å²) in [6, 6.07) is 5.55. The summed E-state index contributed by atoms with van der Waals surface area (Å²) in [7, 11) is -3.47. The van der Waals surface area contributed by atoms with E-state index in [4.69, 9.17) is 0 Å². The molecule has 1 saturated heterocycles. The maximum absolute atomic E-state index is 13.0. The van der Waals surface area contributed by atoms with Crippen LogP contribution >= 0.6 is 11.8 Å². The molecule has 0 atom stereocenters. The number of carbonyl (C=O) groups excluding carboxylic acids is 1. The van der Waals surface area contributed by atoms with Gasteiger partial charge < -0.3 is 4.90 Å². The van der Waals surface area contributed by atoms with Crippen molar-refractivity contribution in [2.24, 2.45) is 5.92 Å². The molecule has 0 saturated carbocycles. The first-order valence-electron chi connectivity index (χ1n) is 9.85. The van der Waals surface area contributed by atoms with Crippen LogP contribution in [-0.2, 0) is 27.7 Å². The van der Waals surface area contributed by atoms with Gasteiger partial charge in [-0.2, -0.15) is 16.1 Å². The minimum absolute atomic E-state index is 0.123. The molecule has 7 heteroatoms. The van der Waals surface area contributed by atoms with Gasteiger partial charge in [0.2, 0.25) is 15.9 Å². The first-order valence-corrected chi connectivity index (χ1v) is 12.4. The van der Waals surface area contributed by atoms with Crippen molar-refractivity contribution in [1.29, 1.82) is 0 Å². The zero-order chi connectivity index (χ0) is 19.4. The lowest BCUT2D eigenvalue weighted by Crippen LogP contribution is -2.51. The number of rotatable bonds is 7. The molecule has 0 N–H and O–H groups in total. The number of sulfonamides is 1. The van der Waals surface area contributed by atoms with E-state index in [9.17, 15) is 13.2 Å². The second kappa shape index (κ2) is 8.97. The number of amides is 1. The second-order valence-corrected chi connectivity index (χ2v) is 10.8. The Hall–Kier alpha value is -1.05. The Morgan fingerprint density at radius 2 is 1.81 bits per heavy atom. The zero-order valence-corrected chi connectivity index (χ0v) is 17.9. The van der Waals surface area contributed by atoms with E-state index in [0.717, 1.165) is 31.4 Å². The minimum Gasteiger partial charge on any atom is -0.339 e. The molecule has 3 rings (SSSR count). The molecule has 150 valence electrons. The summed E-state index contributed by atoms with van der Waals surface area (Å²) < 4.78 is 27.4. The summed E-state index contributed by atoms with van der Waals surface area (Å²) >= 11 is 1.67. The monoisotopic (exact) mass is 410 g/mol. The number of fused-ring (bicyclic) bond motifs is 1. The first-order chi connectivity index (χ1) is 12.9. The van der Waals surface area contributed by atoms with Crippen LogP contribution in [0.15, 0.2) is 23.1 Å². The molecule has 0 radical (unpaired) electrons. The van der Waals surface area contributed by atoms with Crippen LogP contribution in [0, 0.1) is 5.92 Å². The fraction of sp³-hybridized carbons (Fsp3) is 0.650. The highest BCUT2D eigenvalue weighted by Crippen LogP contribution is 2.26. The van der Waals surface area contributed by atoms with Gasteiger partial charge in [0.25, 0.3) is 0 Å². The second-order valence-electron chi connectivity index (χ2n) is 7.80. The molecule has 27 heavy (non-hydrogen) atoms. The third-order valence-corrected chi connectivity index (χ3v) is 8.23. The van der Waals surface area contributed by atoms with Crippen LogP contribution in [0.1, 0.15) is 37.8 Å². The van der Waals surface area contributed by atoms with Crippen molar-refractivity contribution in [1.82, 2.24) is 9.21 Å². The molecule has 0 aromatic heterocycles. The lowest BCUT2D eigenvalue weighted by atomic mass is 10.1. The van der Waals surface area contributed by atoms with Crippen LogP contribution in [0.2, 0.25) is 0 Å². The molecule has 2 aliphatic rings. The summed E-state index contributed by atoms with van der Waals surface area (Å²) in [6.45, 7) is 6.08. The molecule has 0 spiro atoms. The lowest BCUT2D eigenvalue weighted by Gasteiger charge is -2.34. The topological polar surface area (TPSA) is 57.7 Å². The highest BCUT2D eigenvalue weighted by atomic mass is 32.2. The molecule has 1 amide bonds. The molecule has 0 bridgehead atoms. The highest BCUT2D eigenvalue weighted by molar-refractivity contribution is 7.99. The molecule has 1 aliphatic carbocycles. The Bertz CT molecular complexity index is 769. The number of hydrogen-bond donors (Lipinski definition) is 0. The van der Waals surface area contributed by atoms with Gasteiger partial charge in [-0.15, -0.1) is 0 Å². The Morgan fingerprint density at radius 3 is 2.52 bits per heavy atom. The smallest absolute Gasteiger partial charge is 0.243 e. The Kier molecular flexibility index (Phi) is 6.87. The van der Waals surface area contributed by atoms with Gasteiger partial charge in [0, 0.05) is 26.2 Å². The van der Waals surface area contributed by atoms with Gasteiger partial charge in [0.1, 0.15) is 0 Å². The SMILES string of the molecule is CC(C)CCSCC(=O)N1CCN(S(=O)(=O)c2ccc3c(c2)CCC3)CC1. The van der Waals surface area contributed by atoms with E-state index in [1.54, 1.807) is 22.7 Å². The minimum atomic E-state index is -3.47. The molecule has 5 nitrogen and oxygen atoms in total. The van der Waals surface area contributed by atoms with Crippen molar-refractivity contribution in [2.45, 2.75) is 44.4 Å². The van der Waals surface area contributed by atoms with Crippen molar-refractivity contribution >= 4 is 27.7 Å². The molecule has 1 heterocycles. The number of benzene rings is 1. The standard InChI is InChI=1S/C20H30N2O3S2/c1-16(2)8-13-26-15-20(23)21-9-11-22(12-10-21)27(24,25)19-7-6-17-4-3-5-18(17)14-19/h6-7,14,16H,3-5,8-13,15H2,1-2H3. The molecule has 1 aromatic rings. The van der Waals surface area contributed by atoms with E-state index < -0.39 is 10.0 Å². The van der Waals surface area contributed by atoms with E-state index in [1.165, 1.54) is 15.4 Å². The number of thioether (sulfide) groups is 1. The molecule has 1 fully saturated rings. The normalized spacial score (nSPS) is 18.1. The molecular formula is C20H30N2O3S2. The van der Waals surface area contributed by atoms with Gasteiger partial charge in [0.15, 0.2) is 0 Å². The van der Waals surface area contributed by atoms with Gasteiger partial charge >= 0.3 is 0 Å². The van der Waals surface area contributed by atoms with E-state index >= 15 is 0 Å². The van der Waals surface area contributed by atoms with Crippen LogP contribution in [0.5, 0.6) is 0 Å². The summed E-state index contributed by atoms with van der Waals surface area (Å²) in [5.41, 5.74) is 2.45. The number of hydrogen-bond acceptors (Lipinski definition) is 4. The van der Waals surface area contributed by atoms with E-state index in [2.05, 4.69) is 13.8 Å². The van der Waals surface area contributed by atoms with Crippen molar-refractivity contribution in [3.63, 3.8) is 0 Å². The fourth-order valence-corrected chi connectivity index (χ4v) is 6.22. The maximum Gasteiger partial charge on any atom is 0.243 e. The quantitative estimate of drug-likeness (QED) is 0.649. The molecule has 0 unspecified atom stereocenters. The van der Waals surface area contributed by atoms with Crippen LogP contribution in [-0.4, -0.2) is 61.2 Å². The van der Waals surface area contributed by atoms with Gasteiger partial charge in [-0.05, 0) is 60.6 Å². The Labute approximate surface area is 167 Å². The number of carbonyl (C=O) groups is 1. The van der Waals surface area contributed by atoms with Gasteiger partial charge in [-0.1, -0.05) is 19.9 Å². The molecule has 1 aromatic carbocycles. The van der Waals surface area contributed by atoms with Gasteiger partial charge in [-0.25, -0.2) is 8.42 Å². The predicted molar refractivity (Wildman–Crippen MR) is 111 cm³/mol. The third kappa shape index (κ3) is 5.06. The number of piperazine rings is 1. The third-order valence-electron chi connectivity index (χ3n) is 5.36.